The van der Waals surface area contributed by atoms with Gasteiger partial charge < -0.3 is 25.0 Å². The van der Waals surface area contributed by atoms with Crippen LogP contribution in [0.5, 0.6) is 0 Å². The molecule has 2 aliphatic rings. The maximum atomic E-state index is 13.0. The Hall–Kier alpha value is -2.25. The van der Waals surface area contributed by atoms with Crippen molar-refractivity contribution in [3.8, 4) is 0 Å². The molecule has 0 saturated carbocycles. The highest BCUT2D eigenvalue weighted by Gasteiger charge is 2.43. The van der Waals surface area contributed by atoms with Crippen molar-refractivity contribution in [3.63, 3.8) is 0 Å². The summed E-state index contributed by atoms with van der Waals surface area (Å²) in [5, 5.41) is 17.8. The van der Waals surface area contributed by atoms with Crippen molar-refractivity contribution in [2.75, 3.05) is 53.4 Å². The van der Waals surface area contributed by atoms with Gasteiger partial charge in [-0.05, 0) is 24.0 Å². The minimum absolute atomic E-state index is 0.267. The summed E-state index contributed by atoms with van der Waals surface area (Å²) in [5.74, 6) is -0.611. The highest BCUT2D eigenvalue weighted by Crippen LogP contribution is 2.31. The van der Waals surface area contributed by atoms with Crippen molar-refractivity contribution in [3.05, 3.63) is 71.8 Å². The van der Waals surface area contributed by atoms with Gasteiger partial charge in [0.1, 0.15) is 12.6 Å². The average Bonchev–Trinajstić information content (AvgIpc) is 2.85. The number of piperidine rings is 1. The van der Waals surface area contributed by atoms with E-state index < -0.39 is 11.6 Å². The second kappa shape index (κ2) is 11.6. The number of aliphatic hydroxyl groups is 1. The van der Waals surface area contributed by atoms with Crippen molar-refractivity contribution in [1.29, 1.82) is 0 Å². The molecule has 2 aromatic rings. The highest BCUT2D eigenvalue weighted by atomic mass is 16.6. The molecule has 2 saturated heterocycles. The predicted octanol–water partition coefficient (Wildman–Crippen LogP) is 2.27. The lowest BCUT2D eigenvalue weighted by molar-refractivity contribution is -0.920. The van der Waals surface area contributed by atoms with E-state index in [1.165, 1.54) is 6.42 Å². The fourth-order valence-electron chi connectivity index (χ4n) is 4.36. The first-order valence-electron chi connectivity index (χ1n) is 11.7. The molecule has 0 spiro atoms. The zero-order valence-corrected chi connectivity index (χ0v) is 19.4. The largest absolute Gasteiger partial charge is 0.457 e. The number of esters is 1. The van der Waals surface area contributed by atoms with Gasteiger partial charge in [0.2, 0.25) is 5.60 Å². The van der Waals surface area contributed by atoms with Gasteiger partial charge in [0.25, 0.3) is 0 Å². The van der Waals surface area contributed by atoms with Gasteiger partial charge in [-0.1, -0.05) is 60.7 Å². The lowest BCUT2D eigenvalue weighted by Crippen LogP contribution is -2.54. The average molecular weight is 441 g/mol. The third-order valence-electron chi connectivity index (χ3n) is 6.55. The number of quaternary nitrogens is 1. The number of carbonyl (C=O) groups excluding carboxylic acids is 1. The summed E-state index contributed by atoms with van der Waals surface area (Å²) in [4.78, 5) is 13.0. The quantitative estimate of drug-likeness (QED) is 0.492. The van der Waals surface area contributed by atoms with E-state index in [1.807, 2.05) is 36.4 Å². The molecule has 0 radical (unpaired) electrons. The van der Waals surface area contributed by atoms with E-state index >= 15 is 0 Å². The molecule has 2 heterocycles. The van der Waals surface area contributed by atoms with E-state index in [2.05, 4.69) is 24.7 Å². The van der Waals surface area contributed by atoms with Crippen LogP contribution in [0.2, 0.25) is 0 Å². The van der Waals surface area contributed by atoms with E-state index in [0.717, 1.165) is 50.0 Å². The Labute approximate surface area is 192 Å². The summed E-state index contributed by atoms with van der Waals surface area (Å²) in [6.45, 7) is 5.97. The summed E-state index contributed by atoms with van der Waals surface area (Å²) < 4.78 is 6.54. The molecule has 174 valence electrons. The fourth-order valence-corrected chi connectivity index (χ4v) is 4.36. The standard InChI is InChI=1S/C22H28NO3.C4H10N2/c1-23(2)16-10-9-15-20(23)17-26-21(24)22(25,18-11-5-3-6-12-18)19-13-7-4-8-14-19;1-2-6-4-3-5-1/h3-8,11-14,20,25H,9-10,15-17H2,1-2H3;5-6H,1-4H2/q+1;. The molecule has 0 bridgehead atoms. The number of nitrogens with one attached hydrogen (secondary N) is 2. The molecule has 4 rings (SSSR count). The normalized spacial score (nSPS) is 20.5. The van der Waals surface area contributed by atoms with Gasteiger partial charge in [-0.25, -0.2) is 4.79 Å². The highest BCUT2D eigenvalue weighted by molar-refractivity contribution is 5.85. The molecule has 2 aliphatic heterocycles. The lowest BCUT2D eigenvalue weighted by Gasteiger charge is -2.41. The molecule has 1 unspecified atom stereocenters. The summed E-state index contributed by atoms with van der Waals surface area (Å²) in [5.41, 5.74) is -0.754. The fraction of sp³-hybridized carbons (Fsp3) is 0.500. The molecule has 0 amide bonds. The molecule has 6 nitrogen and oxygen atoms in total. The zero-order chi connectivity index (χ0) is 22.9. The van der Waals surface area contributed by atoms with Crippen LogP contribution in [0.1, 0.15) is 30.4 Å². The Kier molecular flexibility index (Phi) is 8.82. The molecule has 0 aromatic heterocycles. The minimum Gasteiger partial charge on any atom is -0.457 e. The van der Waals surface area contributed by atoms with Crippen LogP contribution in [0.15, 0.2) is 60.7 Å². The first-order chi connectivity index (χ1) is 15.4. The number of benzene rings is 2. The Morgan fingerprint density at radius 1 is 0.938 bits per heavy atom. The van der Waals surface area contributed by atoms with Gasteiger partial charge in [-0.2, -0.15) is 0 Å². The maximum Gasteiger partial charge on any atom is 0.347 e. The smallest absolute Gasteiger partial charge is 0.347 e. The molecular formula is C26H38N3O3+. The maximum absolute atomic E-state index is 13.0. The number of piperazine rings is 1. The Balaban J connectivity index is 0.000000416. The molecule has 6 heteroatoms. The molecule has 1 atom stereocenters. The second-order valence-corrected chi connectivity index (χ2v) is 9.19. The van der Waals surface area contributed by atoms with Gasteiger partial charge in [0.15, 0.2) is 0 Å². The van der Waals surface area contributed by atoms with Gasteiger partial charge in [-0.15, -0.1) is 0 Å². The monoisotopic (exact) mass is 440 g/mol. The Bertz CT molecular complexity index is 772. The van der Waals surface area contributed by atoms with Crippen LogP contribution in [-0.4, -0.2) is 75.0 Å². The third kappa shape index (κ3) is 6.17. The number of likely N-dealkylation sites (tertiary alicyclic amines) is 1. The Morgan fingerprint density at radius 2 is 1.44 bits per heavy atom. The molecule has 2 aromatic carbocycles. The van der Waals surface area contributed by atoms with Crippen LogP contribution < -0.4 is 10.6 Å². The molecule has 2 fully saturated rings. The molecular weight excluding hydrogens is 402 g/mol. The number of ether oxygens (including phenoxy) is 1. The number of nitrogens with zero attached hydrogens (tertiary/aromatic N) is 1. The second-order valence-electron chi connectivity index (χ2n) is 9.19. The summed E-state index contributed by atoms with van der Waals surface area (Å²) in [6.07, 6.45) is 3.40. The first kappa shape index (κ1) is 24.4. The summed E-state index contributed by atoms with van der Waals surface area (Å²) in [7, 11) is 4.36. The molecule has 3 N–H and O–H groups in total. The van der Waals surface area contributed by atoms with Crippen LogP contribution >= 0.6 is 0 Å². The van der Waals surface area contributed by atoms with E-state index in [-0.39, 0.29) is 6.04 Å². The molecule has 32 heavy (non-hydrogen) atoms. The van der Waals surface area contributed by atoms with Crippen molar-refractivity contribution in [2.45, 2.75) is 30.9 Å². The van der Waals surface area contributed by atoms with Gasteiger partial charge >= 0.3 is 5.97 Å². The summed E-state index contributed by atoms with van der Waals surface area (Å²) in [6, 6.07) is 18.3. The number of likely N-dealkylation sites (N-methyl/N-ethyl adjacent to an activating group) is 1. The van der Waals surface area contributed by atoms with Crippen molar-refractivity contribution < 1.29 is 19.1 Å². The minimum atomic E-state index is -1.80. The van der Waals surface area contributed by atoms with Crippen molar-refractivity contribution in [1.82, 2.24) is 10.6 Å². The predicted molar refractivity (Wildman–Crippen MR) is 127 cm³/mol. The van der Waals surface area contributed by atoms with E-state index in [1.54, 1.807) is 24.3 Å². The number of carbonyl (C=O) groups is 1. The van der Waals surface area contributed by atoms with Crippen LogP contribution in [0.25, 0.3) is 0 Å². The number of rotatable bonds is 5. The van der Waals surface area contributed by atoms with E-state index in [9.17, 15) is 9.90 Å². The van der Waals surface area contributed by atoms with E-state index in [0.29, 0.717) is 17.7 Å². The SMILES string of the molecule is C1CNCCN1.C[N+]1(C)CCCCC1COC(=O)C(O)(c1ccccc1)c1ccccc1. The Morgan fingerprint density at radius 3 is 1.88 bits per heavy atom. The van der Waals surface area contributed by atoms with Crippen molar-refractivity contribution in [2.24, 2.45) is 0 Å². The number of hydrogen-bond donors (Lipinski definition) is 3. The van der Waals surface area contributed by atoms with Crippen molar-refractivity contribution >= 4 is 5.97 Å². The molecule has 0 aliphatic carbocycles. The van der Waals surface area contributed by atoms with Crippen LogP contribution in [-0.2, 0) is 15.1 Å². The first-order valence-corrected chi connectivity index (χ1v) is 11.7. The van der Waals surface area contributed by atoms with Gasteiger partial charge in [-0.3, -0.25) is 0 Å². The topological polar surface area (TPSA) is 70.6 Å². The van der Waals surface area contributed by atoms with E-state index in [4.69, 9.17) is 4.74 Å². The summed E-state index contributed by atoms with van der Waals surface area (Å²) >= 11 is 0. The van der Waals surface area contributed by atoms with Crippen LogP contribution in [0.4, 0.5) is 0 Å². The number of hydrogen-bond acceptors (Lipinski definition) is 5. The van der Waals surface area contributed by atoms with Crippen LogP contribution in [0.3, 0.4) is 0 Å². The van der Waals surface area contributed by atoms with Gasteiger partial charge in [0.05, 0.1) is 20.6 Å². The van der Waals surface area contributed by atoms with Crippen LogP contribution in [0, 0.1) is 0 Å². The zero-order valence-electron chi connectivity index (χ0n) is 19.4. The van der Waals surface area contributed by atoms with Gasteiger partial charge in [0, 0.05) is 32.6 Å². The lowest BCUT2D eigenvalue weighted by atomic mass is 9.86. The third-order valence-corrected chi connectivity index (χ3v) is 6.55.